The number of aryl methyl sites for hydroxylation is 1. The number of halogens is 1. The largest absolute Gasteiger partial charge is 0.305 e. The van der Waals surface area contributed by atoms with Gasteiger partial charge < -0.3 is 4.57 Å². The Morgan fingerprint density at radius 1 is 1.17 bits per heavy atom. The highest BCUT2D eigenvalue weighted by Crippen LogP contribution is 2.25. The zero-order chi connectivity index (χ0) is 17.1. The maximum absolute atomic E-state index is 12.3. The van der Waals surface area contributed by atoms with Gasteiger partial charge in [-0.1, -0.05) is 65.3 Å². The van der Waals surface area contributed by atoms with Crippen LogP contribution in [0.5, 0.6) is 0 Å². The van der Waals surface area contributed by atoms with E-state index in [-0.39, 0.29) is 5.78 Å². The zero-order valence-electron chi connectivity index (χ0n) is 13.4. The fourth-order valence-electron chi connectivity index (χ4n) is 2.27. The van der Waals surface area contributed by atoms with Gasteiger partial charge in [0.15, 0.2) is 16.8 Å². The Hall–Kier alpha value is -2.11. The highest BCUT2D eigenvalue weighted by Gasteiger charge is 2.14. The van der Waals surface area contributed by atoms with Gasteiger partial charge in [-0.05, 0) is 19.1 Å². The Bertz CT molecular complexity index is 874. The van der Waals surface area contributed by atoms with Crippen LogP contribution in [0.25, 0.3) is 11.4 Å². The average molecular weight is 358 g/mol. The minimum absolute atomic E-state index is 0.0762. The Morgan fingerprint density at radius 3 is 2.62 bits per heavy atom. The molecule has 2 aromatic carbocycles. The molecular formula is C18H16ClN3OS. The standard InChI is InChI=1S/C18H16ClN3OS/c1-12-6-8-13(9-7-12)16(23)11-24-18-21-20-17(22(18)2)14-4-3-5-15(19)10-14/h3-10H,11H2,1-2H3. The summed E-state index contributed by atoms with van der Waals surface area (Å²) < 4.78 is 1.87. The second-order valence-electron chi connectivity index (χ2n) is 5.45. The Morgan fingerprint density at radius 2 is 1.92 bits per heavy atom. The van der Waals surface area contributed by atoms with Crippen LogP contribution < -0.4 is 0 Å². The third kappa shape index (κ3) is 3.68. The van der Waals surface area contributed by atoms with Gasteiger partial charge >= 0.3 is 0 Å². The first-order valence-electron chi connectivity index (χ1n) is 7.42. The topological polar surface area (TPSA) is 47.8 Å². The molecule has 0 fully saturated rings. The van der Waals surface area contributed by atoms with E-state index in [9.17, 15) is 4.79 Å². The molecule has 6 heteroatoms. The lowest BCUT2D eigenvalue weighted by molar-refractivity contribution is 0.102. The van der Waals surface area contributed by atoms with Crippen LogP contribution in [-0.4, -0.2) is 26.3 Å². The summed E-state index contributed by atoms with van der Waals surface area (Å²) in [6.07, 6.45) is 0. The van der Waals surface area contributed by atoms with Crippen molar-refractivity contribution < 1.29 is 4.79 Å². The lowest BCUT2D eigenvalue weighted by Crippen LogP contribution is -2.04. The highest BCUT2D eigenvalue weighted by molar-refractivity contribution is 7.99. The molecule has 0 N–H and O–H groups in total. The second-order valence-corrected chi connectivity index (χ2v) is 6.83. The Balaban J connectivity index is 1.72. The van der Waals surface area contributed by atoms with Crippen LogP contribution in [0.4, 0.5) is 0 Å². The smallest absolute Gasteiger partial charge is 0.191 e. The fourth-order valence-corrected chi connectivity index (χ4v) is 3.27. The third-order valence-corrected chi connectivity index (χ3v) is 4.88. The Kier molecular flexibility index (Phi) is 5.02. The van der Waals surface area contributed by atoms with E-state index in [1.54, 1.807) is 0 Å². The van der Waals surface area contributed by atoms with Crippen LogP contribution in [0.1, 0.15) is 15.9 Å². The first kappa shape index (κ1) is 16.7. The number of hydrogen-bond acceptors (Lipinski definition) is 4. The van der Waals surface area contributed by atoms with Gasteiger partial charge in [0.05, 0.1) is 5.75 Å². The van der Waals surface area contributed by atoms with Gasteiger partial charge in [-0.15, -0.1) is 10.2 Å². The van der Waals surface area contributed by atoms with Crippen LogP contribution in [-0.2, 0) is 7.05 Å². The van der Waals surface area contributed by atoms with Gasteiger partial charge in [0.25, 0.3) is 0 Å². The van der Waals surface area contributed by atoms with Crippen molar-refractivity contribution >= 4 is 29.1 Å². The summed E-state index contributed by atoms with van der Waals surface area (Å²) >= 11 is 7.41. The van der Waals surface area contributed by atoms with Gasteiger partial charge in [0.2, 0.25) is 0 Å². The van der Waals surface area contributed by atoms with Crippen molar-refractivity contribution in [3.63, 3.8) is 0 Å². The molecule has 122 valence electrons. The average Bonchev–Trinajstić information content (AvgIpc) is 2.94. The molecule has 4 nitrogen and oxygen atoms in total. The molecule has 0 amide bonds. The van der Waals surface area contributed by atoms with Crippen LogP contribution in [0.15, 0.2) is 53.7 Å². The number of rotatable bonds is 5. The van der Waals surface area contributed by atoms with Gasteiger partial charge in [0, 0.05) is 23.2 Å². The number of ketones is 1. The molecule has 0 bridgehead atoms. The molecule has 0 aliphatic rings. The molecular weight excluding hydrogens is 342 g/mol. The predicted octanol–water partition coefficient (Wildman–Crippen LogP) is 4.42. The van der Waals surface area contributed by atoms with E-state index in [0.29, 0.717) is 21.5 Å². The van der Waals surface area contributed by atoms with Gasteiger partial charge in [-0.3, -0.25) is 4.79 Å². The fraction of sp³-hybridized carbons (Fsp3) is 0.167. The molecule has 0 radical (unpaired) electrons. The molecule has 0 spiro atoms. The van der Waals surface area contributed by atoms with E-state index in [0.717, 1.165) is 17.0 Å². The van der Waals surface area contributed by atoms with E-state index in [4.69, 9.17) is 11.6 Å². The van der Waals surface area contributed by atoms with E-state index < -0.39 is 0 Å². The van der Waals surface area contributed by atoms with Gasteiger partial charge in [-0.2, -0.15) is 0 Å². The third-order valence-electron chi connectivity index (χ3n) is 3.62. The summed E-state index contributed by atoms with van der Waals surface area (Å²) in [6, 6.07) is 15.1. The zero-order valence-corrected chi connectivity index (χ0v) is 14.9. The van der Waals surface area contributed by atoms with Gasteiger partial charge in [0.1, 0.15) is 0 Å². The molecule has 0 unspecified atom stereocenters. The normalized spacial score (nSPS) is 10.8. The minimum atomic E-state index is 0.0762. The van der Waals surface area contributed by atoms with Crippen molar-refractivity contribution in [3.05, 3.63) is 64.7 Å². The van der Waals surface area contributed by atoms with E-state index in [1.807, 2.05) is 67.1 Å². The lowest BCUT2D eigenvalue weighted by Gasteiger charge is -2.04. The molecule has 3 rings (SSSR count). The number of aromatic nitrogens is 3. The number of carbonyl (C=O) groups is 1. The number of carbonyl (C=O) groups excluding carboxylic acids is 1. The lowest BCUT2D eigenvalue weighted by atomic mass is 10.1. The van der Waals surface area contributed by atoms with Crippen molar-refractivity contribution in [2.75, 3.05) is 5.75 Å². The molecule has 0 saturated carbocycles. The molecule has 0 aliphatic heterocycles. The van der Waals surface area contributed by atoms with Crippen LogP contribution in [0.2, 0.25) is 5.02 Å². The van der Waals surface area contributed by atoms with Crippen molar-refractivity contribution in [3.8, 4) is 11.4 Å². The van der Waals surface area contributed by atoms with Crippen LogP contribution in [0.3, 0.4) is 0 Å². The summed E-state index contributed by atoms with van der Waals surface area (Å²) in [5.74, 6) is 1.12. The van der Waals surface area contributed by atoms with Crippen molar-refractivity contribution in [2.24, 2.45) is 7.05 Å². The molecule has 1 heterocycles. The number of hydrogen-bond donors (Lipinski definition) is 0. The summed E-state index contributed by atoms with van der Waals surface area (Å²) in [5.41, 5.74) is 2.75. The number of thioether (sulfide) groups is 1. The van der Waals surface area contributed by atoms with E-state index in [2.05, 4.69) is 10.2 Å². The summed E-state index contributed by atoms with van der Waals surface area (Å²) in [5, 5.41) is 9.75. The minimum Gasteiger partial charge on any atom is -0.305 e. The SMILES string of the molecule is Cc1ccc(C(=O)CSc2nnc(-c3cccc(Cl)c3)n2C)cc1. The van der Waals surface area contributed by atoms with E-state index in [1.165, 1.54) is 11.8 Å². The number of Topliss-reactive ketones (excluding diaryl/α,β-unsaturated/α-hetero) is 1. The van der Waals surface area contributed by atoms with Crippen molar-refractivity contribution in [2.45, 2.75) is 12.1 Å². The first-order valence-corrected chi connectivity index (χ1v) is 8.79. The molecule has 0 saturated heterocycles. The predicted molar refractivity (Wildman–Crippen MR) is 97.7 cm³/mol. The summed E-state index contributed by atoms with van der Waals surface area (Å²) in [7, 11) is 1.88. The number of nitrogens with zero attached hydrogens (tertiary/aromatic N) is 3. The molecule has 24 heavy (non-hydrogen) atoms. The van der Waals surface area contributed by atoms with Crippen LogP contribution in [0, 0.1) is 6.92 Å². The maximum Gasteiger partial charge on any atom is 0.191 e. The maximum atomic E-state index is 12.3. The first-order chi connectivity index (χ1) is 11.5. The highest BCUT2D eigenvalue weighted by atomic mass is 35.5. The monoisotopic (exact) mass is 357 g/mol. The number of benzene rings is 2. The molecule has 0 aliphatic carbocycles. The van der Waals surface area contributed by atoms with Crippen LogP contribution >= 0.6 is 23.4 Å². The molecule has 0 atom stereocenters. The Labute approximate surface area is 149 Å². The van der Waals surface area contributed by atoms with Gasteiger partial charge in [-0.25, -0.2) is 0 Å². The van der Waals surface area contributed by atoms with Crippen molar-refractivity contribution in [1.29, 1.82) is 0 Å². The summed E-state index contributed by atoms with van der Waals surface area (Å²) in [4.78, 5) is 12.3. The van der Waals surface area contributed by atoms with E-state index >= 15 is 0 Å². The molecule has 3 aromatic rings. The quantitative estimate of drug-likeness (QED) is 0.501. The molecule has 1 aromatic heterocycles. The second kappa shape index (κ2) is 7.20. The van der Waals surface area contributed by atoms with Crippen molar-refractivity contribution in [1.82, 2.24) is 14.8 Å². The summed E-state index contributed by atoms with van der Waals surface area (Å²) in [6.45, 7) is 2.00.